The first kappa shape index (κ1) is 24.2. The summed E-state index contributed by atoms with van der Waals surface area (Å²) in [7, 11) is -7.40. The molecule has 10 heteroatoms. The van der Waals surface area contributed by atoms with Crippen molar-refractivity contribution < 1.29 is 21.6 Å². The molecule has 0 aromatic heterocycles. The van der Waals surface area contributed by atoms with Gasteiger partial charge in [0.05, 0.1) is 9.79 Å². The Kier molecular flexibility index (Phi) is 7.32. The molecular weight excluding hydrogens is 462 g/mol. The monoisotopic (exact) mass is 485 g/mol. The molecule has 8 nitrogen and oxygen atoms in total. The van der Waals surface area contributed by atoms with E-state index in [1.54, 1.807) is 24.3 Å². The molecule has 3 rings (SSSR count). The van der Waals surface area contributed by atoms with Crippen LogP contribution < -0.4 is 14.8 Å². The zero-order valence-electron chi connectivity index (χ0n) is 17.8. The van der Waals surface area contributed by atoms with E-state index in [0.29, 0.717) is 11.4 Å². The van der Waals surface area contributed by atoms with Crippen LogP contribution in [-0.2, 0) is 20.0 Å². The number of nitrogens with one attached hydrogen (secondary N) is 3. The highest BCUT2D eigenvalue weighted by Gasteiger charge is 2.15. The van der Waals surface area contributed by atoms with Crippen LogP contribution in [0.3, 0.4) is 0 Å². The summed E-state index contributed by atoms with van der Waals surface area (Å²) in [5.74, 6) is -0.439. The van der Waals surface area contributed by atoms with E-state index in [4.69, 9.17) is 0 Å². The molecule has 33 heavy (non-hydrogen) atoms. The summed E-state index contributed by atoms with van der Waals surface area (Å²) in [5, 5.41) is 2.68. The van der Waals surface area contributed by atoms with E-state index in [1.807, 2.05) is 6.92 Å². The van der Waals surface area contributed by atoms with Crippen LogP contribution in [0.25, 0.3) is 0 Å². The molecule has 0 atom stereocenters. The van der Waals surface area contributed by atoms with Gasteiger partial charge in [0.2, 0.25) is 10.0 Å². The van der Waals surface area contributed by atoms with Crippen molar-refractivity contribution in [1.29, 1.82) is 0 Å². The highest BCUT2D eigenvalue weighted by molar-refractivity contribution is 7.92. The van der Waals surface area contributed by atoms with Crippen LogP contribution >= 0.6 is 0 Å². The number of anilines is 2. The summed E-state index contributed by atoms with van der Waals surface area (Å²) < 4.78 is 54.0. The fourth-order valence-electron chi connectivity index (χ4n) is 2.79. The van der Waals surface area contributed by atoms with Gasteiger partial charge in [0.1, 0.15) is 0 Å². The maximum absolute atomic E-state index is 12.5. The fraction of sp³-hybridized carbons (Fsp3) is 0.0870. The van der Waals surface area contributed by atoms with Gasteiger partial charge in [0, 0.05) is 23.5 Å². The number of sulfonamides is 2. The summed E-state index contributed by atoms with van der Waals surface area (Å²) in [4.78, 5) is 12.7. The quantitative estimate of drug-likeness (QED) is 0.401. The van der Waals surface area contributed by atoms with Crippen LogP contribution in [0.5, 0.6) is 0 Å². The number of carbonyl (C=O) groups is 1. The van der Waals surface area contributed by atoms with Crippen LogP contribution in [0.2, 0.25) is 0 Å². The van der Waals surface area contributed by atoms with E-state index in [0.717, 1.165) is 5.56 Å². The van der Waals surface area contributed by atoms with Crippen LogP contribution in [0, 0.1) is 6.92 Å². The fourth-order valence-corrected chi connectivity index (χ4v) is 4.85. The van der Waals surface area contributed by atoms with Gasteiger partial charge in [-0.3, -0.25) is 9.52 Å². The lowest BCUT2D eigenvalue weighted by Crippen LogP contribution is -2.23. The van der Waals surface area contributed by atoms with Gasteiger partial charge in [-0.1, -0.05) is 23.8 Å². The van der Waals surface area contributed by atoms with Crippen molar-refractivity contribution in [2.75, 3.05) is 16.6 Å². The molecular formula is C23H23N3O5S2. The van der Waals surface area contributed by atoms with E-state index < -0.39 is 26.0 Å². The molecule has 0 bridgehead atoms. The summed E-state index contributed by atoms with van der Waals surface area (Å²) in [6.45, 7) is 5.43. The average molecular weight is 486 g/mol. The Labute approximate surface area is 193 Å². The minimum Gasteiger partial charge on any atom is -0.322 e. The molecule has 172 valence electrons. The molecule has 0 saturated carbocycles. The Morgan fingerprint density at radius 3 is 1.88 bits per heavy atom. The van der Waals surface area contributed by atoms with Crippen molar-refractivity contribution in [2.24, 2.45) is 0 Å². The first-order valence-corrected chi connectivity index (χ1v) is 12.8. The van der Waals surface area contributed by atoms with Gasteiger partial charge >= 0.3 is 0 Å². The lowest BCUT2D eigenvalue weighted by atomic mass is 10.2. The lowest BCUT2D eigenvalue weighted by molar-refractivity contribution is 0.102. The largest absolute Gasteiger partial charge is 0.322 e. The summed E-state index contributed by atoms with van der Waals surface area (Å²) in [6, 6.07) is 18.1. The molecule has 0 aliphatic heterocycles. The third-order valence-corrected chi connectivity index (χ3v) is 7.41. The maximum Gasteiger partial charge on any atom is 0.261 e. The zero-order valence-corrected chi connectivity index (χ0v) is 19.4. The summed E-state index contributed by atoms with van der Waals surface area (Å²) >= 11 is 0. The molecule has 0 unspecified atom stereocenters. The molecule has 0 aliphatic carbocycles. The molecule has 1 amide bonds. The Morgan fingerprint density at radius 2 is 1.30 bits per heavy atom. The second-order valence-electron chi connectivity index (χ2n) is 7.11. The topological polar surface area (TPSA) is 121 Å². The number of amides is 1. The van der Waals surface area contributed by atoms with Gasteiger partial charge < -0.3 is 5.32 Å². The smallest absolute Gasteiger partial charge is 0.261 e. The van der Waals surface area contributed by atoms with Crippen molar-refractivity contribution in [2.45, 2.75) is 16.7 Å². The Morgan fingerprint density at radius 1 is 0.788 bits per heavy atom. The van der Waals surface area contributed by atoms with Crippen LogP contribution in [-0.4, -0.2) is 29.3 Å². The molecule has 0 fully saturated rings. The Hall–Kier alpha value is -3.47. The first-order chi connectivity index (χ1) is 15.6. The second-order valence-corrected chi connectivity index (χ2v) is 10.6. The van der Waals surface area contributed by atoms with Crippen molar-refractivity contribution in [1.82, 2.24) is 4.72 Å². The average Bonchev–Trinajstić information content (AvgIpc) is 2.79. The Balaban J connectivity index is 1.65. The van der Waals surface area contributed by atoms with Crippen molar-refractivity contribution in [3.05, 3.63) is 96.6 Å². The highest BCUT2D eigenvalue weighted by Crippen LogP contribution is 2.19. The highest BCUT2D eigenvalue weighted by atomic mass is 32.2. The van der Waals surface area contributed by atoms with E-state index in [1.165, 1.54) is 54.6 Å². The van der Waals surface area contributed by atoms with Gasteiger partial charge in [-0.05, 0) is 67.6 Å². The minimum absolute atomic E-state index is 0.0334. The number of hydrogen-bond donors (Lipinski definition) is 3. The molecule has 0 spiro atoms. The summed E-state index contributed by atoms with van der Waals surface area (Å²) in [6.07, 6.45) is 1.43. The molecule has 3 N–H and O–H groups in total. The van der Waals surface area contributed by atoms with Gasteiger partial charge in [-0.15, -0.1) is 6.58 Å². The molecule has 3 aromatic carbocycles. The third-order valence-electron chi connectivity index (χ3n) is 4.57. The predicted molar refractivity (Wildman–Crippen MR) is 128 cm³/mol. The molecule has 0 heterocycles. The van der Waals surface area contributed by atoms with E-state index in [2.05, 4.69) is 21.3 Å². The number of aryl methyl sites for hydroxylation is 1. The molecule has 0 radical (unpaired) electrons. The molecule has 0 saturated heterocycles. The Bertz CT molecular complexity index is 1350. The van der Waals surface area contributed by atoms with Crippen LogP contribution in [0.4, 0.5) is 11.4 Å². The predicted octanol–water partition coefficient (Wildman–Crippen LogP) is 3.51. The number of benzene rings is 3. The third kappa shape index (κ3) is 6.28. The standard InChI is InChI=1S/C23H23N3O5S2/c1-3-16-24-32(28,29)21-14-6-18(7-15-21)23(27)25-19-8-10-20(11-9-19)26-33(30,31)22-12-4-17(2)5-13-22/h3-15,24,26H,1,16H2,2H3,(H,25,27). The van der Waals surface area contributed by atoms with Crippen LogP contribution in [0.1, 0.15) is 15.9 Å². The number of hydrogen-bond acceptors (Lipinski definition) is 5. The normalized spacial score (nSPS) is 11.5. The van der Waals surface area contributed by atoms with Crippen molar-refractivity contribution in [3.8, 4) is 0 Å². The van der Waals surface area contributed by atoms with Crippen molar-refractivity contribution in [3.63, 3.8) is 0 Å². The van der Waals surface area contributed by atoms with E-state index in [-0.39, 0.29) is 21.9 Å². The molecule has 0 aliphatic rings. The SMILES string of the molecule is C=CCNS(=O)(=O)c1ccc(C(=O)Nc2ccc(NS(=O)(=O)c3ccc(C)cc3)cc2)cc1. The second kappa shape index (κ2) is 9.99. The number of rotatable bonds is 9. The van der Waals surface area contributed by atoms with E-state index >= 15 is 0 Å². The van der Waals surface area contributed by atoms with Crippen molar-refractivity contribution >= 4 is 37.3 Å². The molecule has 3 aromatic rings. The zero-order chi connectivity index (χ0) is 24.1. The lowest BCUT2D eigenvalue weighted by Gasteiger charge is -2.10. The van der Waals surface area contributed by atoms with E-state index in [9.17, 15) is 21.6 Å². The summed E-state index contributed by atoms with van der Waals surface area (Å²) in [5.41, 5.74) is 2.01. The van der Waals surface area contributed by atoms with Gasteiger partial charge in [0.25, 0.3) is 15.9 Å². The first-order valence-electron chi connectivity index (χ1n) is 9.82. The van der Waals surface area contributed by atoms with Crippen LogP contribution in [0.15, 0.2) is 95.2 Å². The van der Waals surface area contributed by atoms with Gasteiger partial charge in [-0.25, -0.2) is 21.6 Å². The minimum atomic E-state index is -3.73. The number of carbonyl (C=O) groups excluding carboxylic acids is 1. The van der Waals surface area contributed by atoms with Gasteiger partial charge in [-0.2, -0.15) is 0 Å². The van der Waals surface area contributed by atoms with Gasteiger partial charge in [0.15, 0.2) is 0 Å². The maximum atomic E-state index is 12.5.